The molecule has 3 rings (SSSR count). The fraction of sp³-hybridized carbons (Fsp3) is 0.259. The highest BCUT2D eigenvalue weighted by Crippen LogP contribution is 2.28. The van der Waals surface area contributed by atoms with Crippen LogP contribution in [0.5, 0.6) is 0 Å². The van der Waals surface area contributed by atoms with Gasteiger partial charge in [0, 0.05) is 25.2 Å². The molecule has 7 heteroatoms. The number of hydroxylamine groups is 1. The zero-order valence-corrected chi connectivity index (χ0v) is 20.5. The molecule has 34 heavy (non-hydrogen) atoms. The van der Waals surface area contributed by atoms with Gasteiger partial charge in [-0.2, -0.15) is 0 Å². The molecule has 0 saturated heterocycles. The molecule has 0 bridgehead atoms. The third-order valence-corrected chi connectivity index (χ3v) is 4.83. The van der Waals surface area contributed by atoms with Crippen LogP contribution in [0.2, 0.25) is 0 Å². The number of carbonyl (C=O) groups excluding carboxylic acids is 2. The van der Waals surface area contributed by atoms with E-state index >= 15 is 0 Å². The van der Waals surface area contributed by atoms with E-state index in [2.05, 4.69) is 34.6 Å². The van der Waals surface area contributed by atoms with Gasteiger partial charge in [-0.25, -0.2) is 4.79 Å². The maximum absolute atomic E-state index is 12.6. The van der Waals surface area contributed by atoms with E-state index in [1.54, 1.807) is 48.6 Å². The van der Waals surface area contributed by atoms with E-state index in [0.717, 1.165) is 16.9 Å². The summed E-state index contributed by atoms with van der Waals surface area (Å²) in [5.74, 6) is 0.526. The Morgan fingerprint density at radius 2 is 1.56 bits per heavy atom. The van der Waals surface area contributed by atoms with Crippen molar-refractivity contribution in [2.75, 3.05) is 10.6 Å². The largest absolute Gasteiger partial charge is 0.410 e. The lowest BCUT2D eigenvalue weighted by Gasteiger charge is -2.17. The maximum atomic E-state index is 12.6. The van der Waals surface area contributed by atoms with Gasteiger partial charge in [-0.3, -0.25) is 4.79 Å². The normalized spacial score (nSPS) is 14.5. The molecule has 1 aliphatic rings. The quantitative estimate of drug-likeness (QED) is 0.383. The first-order valence-corrected chi connectivity index (χ1v) is 11.2. The van der Waals surface area contributed by atoms with Crippen molar-refractivity contribution >= 4 is 35.5 Å². The van der Waals surface area contributed by atoms with Gasteiger partial charge in [-0.05, 0) is 53.6 Å². The van der Waals surface area contributed by atoms with E-state index < -0.39 is 6.17 Å². The second-order valence-electron chi connectivity index (χ2n) is 8.36. The minimum Gasteiger partial charge on any atom is -0.410 e. The first-order chi connectivity index (χ1) is 16.2. The number of carbonyl (C=O) groups is 2. The van der Waals surface area contributed by atoms with Gasteiger partial charge in [0.05, 0.1) is 0 Å². The number of amides is 3. The summed E-state index contributed by atoms with van der Waals surface area (Å²) in [4.78, 5) is 30.2. The second kappa shape index (κ2) is 11.9. The summed E-state index contributed by atoms with van der Waals surface area (Å²) in [7, 11) is 0. The average Bonchev–Trinajstić information content (AvgIpc) is 3.30. The second-order valence-corrected chi connectivity index (χ2v) is 8.36. The summed E-state index contributed by atoms with van der Waals surface area (Å²) < 4.78 is 0. The zero-order chi connectivity index (χ0) is 25.3. The minimum absolute atomic E-state index is 0. The number of anilines is 2. The average molecular weight is 467 g/mol. The predicted molar refractivity (Wildman–Crippen MR) is 144 cm³/mol. The summed E-state index contributed by atoms with van der Waals surface area (Å²) in [6, 6.07) is 11.8. The summed E-state index contributed by atoms with van der Waals surface area (Å²) >= 11 is 0. The molecular formula is C27H38N4O3. The van der Waals surface area contributed by atoms with Gasteiger partial charge in [-0.1, -0.05) is 66.0 Å². The predicted octanol–water partition coefficient (Wildman–Crippen LogP) is 6.66. The Morgan fingerprint density at radius 1 is 0.971 bits per heavy atom. The summed E-state index contributed by atoms with van der Waals surface area (Å²) in [6.07, 6.45) is 4.82. The molecule has 2 aromatic rings. The molecule has 1 unspecified atom stereocenters. The van der Waals surface area contributed by atoms with Crippen LogP contribution >= 0.6 is 0 Å². The van der Waals surface area contributed by atoms with Crippen LogP contribution in [-0.4, -0.2) is 18.1 Å². The van der Waals surface area contributed by atoms with Crippen molar-refractivity contribution in [3.05, 3.63) is 84.1 Å². The van der Waals surface area contributed by atoms with E-state index in [0.29, 0.717) is 16.9 Å². The van der Waals surface area contributed by atoms with Crippen molar-refractivity contribution in [1.82, 2.24) is 10.8 Å². The lowest BCUT2D eigenvalue weighted by atomic mass is 9.94. The van der Waals surface area contributed by atoms with Crippen LogP contribution in [-0.2, 0) is 4.84 Å². The first kappa shape index (κ1) is 26.4. The van der Waals surface area contributed by atoms with Crippen molar-refractivity contribution in [3.8, 4) is 0 Å². The molecule has 0 spiro atoms. The number of rotatable bonds is 6. The Bertz CT molecular complexity index is 1080. The van der Waals surface area contributed by atoms with Crippen LogP contribution in [0.15, 0.2) is 67.5 Å². The van der Waals surface area contributed by atoms with Crippen molar-refractivity contribution < 1.29 is 17.3 Å². The van der Waals surface area contributed by atoms with Crippen molar-refractivity contribution in [2.45, 2.75) is 40.8 Å². The third-order valence-electron chi connectivity index (χ3n) is 4.83. The Morgan fingerprint density at radius 3 is 2.09 bits per heavy atom. The van der Waals surface area contributed by atoms with E-state index in [-0.39, 0.29) is 20.2 Å². The Labute approximate surface area is 204 Å². The number of urea groups is 1. The number of allylic oxidation sites excluding steroid dienone is 1. The molecular weight excluding hydrogens is 428 g/mol. The lowest BCUT2D eigenvalue weighted by molar-refractivity contribution is 0.0755. The molecule has 0 aliphatic carbocycles. The van der Waals surface area contributed by atoms with Crippen LogP contribution < -0.4 is 21.4 Å². The molecule has 7 nitrogen and oxygen atoms in total. The van der Waals surface area contributed by atoms with E-state index in [4.69, 9.17) is 4.84 Å². The Kier molecular flexibility index (Phi) is 9.21. The highest BCUT2D eigenvalue weighted by molar-refractivity contribution is 6.05. The topological polar surface area (TPSA) is 91.5 Å². The lowest BCUT2D eigenvalue weighted by Crippen LogP contribution is -2.43. The maximum Gasteiger partial charge on any atom is 0.320 e. The zero-order valence-electron chi connectivity index (χ0n) is 20.5. The summed E-state index contributed by atoms with van der Waals surface area (Å²) in [6.45, 7) is 17.6. The SMILES string of the molecule is C=Cc1ccc(C(=O)Nc2ccc(NC(=O)NC3C=C(C(C)(C)C)ON3)cc2)cc1C=C.CC.[HH].[HH]. The van der Waals surface area contributed by atoms with Gasteiger partial charge in [0.2, 0.25) is 0 Å². The molecule has 1 aliphatic heterocycles. The molecule has 4 N–H and O–H groups in total. The van der Waals surface area contributed by atoms with Crippen LogP contribution in [0.25, 0.3) is 12.2 Å². The Balaban J connectivity index is 0.00000299. The van der Waals surface area contributed by atoms with E-state index in [1.165, 1.54) is 0 Å². The molecule has 2 aromatic carbocycles. The van der Waals surface area contributed by atoms with Gasteiger partial charge >= 0.3 is 6.03 Å². The summed E-state index contributed by atoms with van der Waals surface area (Å²) in [5.41, 5.74) is 6.08. The van der Waals surface area contributed by atoms with Gasteiger partial charge in [0.1, 0.15) is 11.9 Å². The highest BCUT2D eigenvalue weighted by Gasteiger charge is 2.27. The summed E-state index contributed by atoms with van der Waals surface area (Å²) in [5, 5.41) is 8.37. The van der Waals surface area contributed by atoms with Crippen molar-refractivity contribution in [3.63, 3.8) is 0 Å². The highest BCUT2D eigenvalue weighted by atomic mass is 16.7. The molecule has 1 heterocycles. The third kappa shape index (κ3) is 7.08. The van der Waals surface area contributed by atoms with E-state index in [1.807, 2.05) is 46.8 Å². The van der Waals surface area contributed by atoms with Crippen molar-refractivity contribution in [2.24, 2.45) is 5.41 Å². The first-order valence-electron chi connectivity index (χ1n) is 11.2. The van der Waals surface area contributed by atoms with Crippen LogP contribution in [0.1, 0.15) is 59.0 Å². The van der Waals surface area contributed by atoms with Gasteiger partial charge in [-0.15, -0.1) is 5.48 Å². The van der Waals surface area contributed by atoms with Gasteiger partial charge in [0.15, 0.2) is 0 Å². The number of hydrogen-bond acceptors (Lipinski definition) is 4. The van der Waals surface area contributed by atoms with Gasteiger partial charge in [0.25, 0.3) is 5.91 Å². The molecule has 0 radical (unpaired) electrons. The fourth-order valence-corrected chi connectivity index (χ4v) is 3.05. The fourth-order valence-electron chi connectivity index (χ4n) is 3.05. The number of nitrogens with one attached hydrogen (secondary N) is 4. The molecule has 0 aromatic heterocycles. The smallest absolute Gasteiger partial charge is 0.320 e. The monoisotopic (exact) mass is 466 g/mol. The number of hydrogen-bond donors (Lipinski definition) is 4. The molecule has 0 fully saturated rings. The molecule has 184 valence electrons. The Hall–Kier alpha value is -3.84. The molecule has 1 atom stereocenters. The molecule has 0 saturated carbocycles. The van der Waals surface area contributed by atoms with Crippen LogP contribution in [0.4, 0.5) is 16.2 Å². The van der Waals surface area contributed by atoms with Crippen LogP contribution in [0.3, 0.4) is 0 Å². The standard InChI is InChI=1S/C25H28N4O3.C2H6.2H2/c1-6-16-8-9-18(14-17(16)7-2)23(30)26-19-10-12-20(13-11-19)27-24(31)28-22-15-21(32-29-22)25(3,4)5;1-2;;/h6-15,22,29H,1-2H2,3-5H3,(H,26,30)(H2,27,28,31);1-2H3;2*1H. The van der Waals surface area contributed by atoms with E-state index in [9.17, 15) is 9.59 Å². The van der Waals surface area contributed by atoms with Crippen LogP contribution in [0, 0.1) is 5.41 Å². The number of benzene rings is 2. The molecule has 3 amide bonds. The van der Waals surface area contributed by atoms with Gasteiger partial charge < -0.3 is 20.8 Å². The minimum atomic E-state index is -0.421. The van der Waals surface area contributed by atoms with Crippen molar-refractivity contribution in [1.29, 1.82) is 0 Å².